The molecule has 3 fully saturated rings. The van der Waals surface area contributed by atoms with Gasteiger partial charge in [0.15, 0.2) is 0 Å². The van der Waals surface area contributed by atoms with E-state index in [4.69, 9.17) is 4.74 Å². The van der Waals surface area contributed by atoms with Crippen molar-refractivity contribution in [2.24, 2.45) is 11.8 Å². The van der Waals surface area contributed by atoms with E-state index in [0.717, 1.165) is 18.4 Å². The minimum Gasteiger partial charge on any atom is -0.465 e. The Hall–Kier alpha value is -2.10. The highest BCUT2D eigenvalue weighted by atomic mass is 79.9. The molecule has 2 amide bonds. The van der Waals surface area contributed by atoms with Gasteiger partial charge in [0, 0.05) is 22.7 Å². The van der Waals surface area contributed by atoms with E-state index in [1.165, 1.54) is 0 Å². The predicted molar refractivity (Wildman–Crippen MR) is 157 cm³/mol. The third-order valence-electron chi connectivity index (χ3n) is 8.34. The van der Waals surface area contributed by atoms with Crippen LogP contribution in [-0.4, -0.2) is 79.4 Å². The van der Waals surface area contributed by atoms with Gasteiger partial charge in [-0.15, -0.1) is 24.9 Å². The highest BCUT2D eigenvalue weighted by molar-refractivity contribution is 9.09. The van der Waals surface area contributed by atoms with Crippen LogP contribution in [-0.2, 0) is 19.1 Å². The van der Waals surface area contributed by atoms with Crippen molar-refractivity contribution in [3.63, 3.8) is 0 Å². The number of carbonyl (C=O) groups is 3. The summed E-state index contributed by atoms with van der Waals surface area (Å²) in [7, 11) is 0. The number of hydrogen-bond acceptors (Lipinski definition) is 6. The van der Waals surface area contributed by atoms with E-state index in [1.807, 2.05) is 42.2 Å². The molecule has 39 heavy (non-hydrogen) atoms. The number of alkyl halides is 1. The van der Waals surface area contributed by atoms with E-state index < -0.39 is 34.6 Å². The first-order valence-electron chi connectivity index (χ1n) is 13.8. The van der Waals surface area contributed by atoms with Crippen molar-refractivity contribution in [1.82, 2.24) is 9.80 Å². The maximum atomic E-state index is 14.6. The zero-order valence-corrected chi connectivity index (χ0v) is 25.1. The molecule has 4 rings (SSSR count). The van der Waals surface area contributed by atoms with Crippen molar-refractivity contribution in [1.29, 1.82) is 0 Å². The van der Waals surface area contributed by atoms with Crippen LogP contribution < -0.4 is 0 Å². The van der Waals surface area contributed by atoms with Crippen LogP contribution in [0.25, 0.3) is 0 Å². The van der Waals surface area contributed by atoms with Crippen molar-refractivity contribution in [3.8, 4) is 0 Å². The molecule has 9 heteroatoms. The van der Waals surface area contributed by atoms with Crippen LogP contribution in [0.3, 0.4) is 0 Å². The van der Waals surface area contributed by atoms with E-state index >= 15 is 0 Å². The van der Waals surface area contributed by atoms with E-state index in [9.17, 15) is 19.5 Å². The monoisotopic (exact) mass is 618 g/mol. The summed E-state index contributed by atoms with van der Waals surface area (Å²) in [6.45, 7) is 11.9. The lowest BCUT2D eigenvalue weighted by atomic mass is 9.71. The number of amides is 2. The van der Waals surface area contributed by atoms with Crippen LogP contribution in [0, 0.1) is 11.8 Å². The summed E-state index contributed by atoms with van der Waals surface area (Å²) in [5.74, 6) is -2.22. The third-order valence-corrected chi connectivity index (χ3v) is 11.6. The van der Waals surface area contributed by atoms with Crippen LogP contribution in [0.4, 0.5) is 0 Å². The highest BCUT2D eigenvalue weighted by Crippen LogP contribution is 2.68. The van der Waals surface area contributed by atoms with Crippen molar-refractivity contribution in [2.45, 2.75) is 72.5 Å². The van der Waals surface area contributed by atoms with E-state index in [1.54, 1.807) is 28.8 Å². The molecule has 1 N–H and O–H groups in total. The molecule has 1 aromatic carbocycles. The van der Waals surface area contributed by atoms with Crippen molar-refractivity contribution in [2.75, 3.05) is 19.8 Å². The van der Waals surface area contributed by atoms with Gasteiger partial charge >= 0.3 is 5.97 Å². The minimum absolute atomic E-state index is 0.0519. The molecule has 8 atom stereocenters. The Kier molecular flexibility index (Phi) is 9.65. The van der Waals surface area contributed by atoms with Crippen LogP contribution >= 0.6 is 27.7 Å². The van der Waals surface area contributed by atoms with E-state index in [0.29, 0.717) is 19.4 Å². The van der Waals surface area contributed by atoms with Gasteiger partial charge < -0.3 is 19.6 Å². The lowest BCUT2D eigenvalue weighted by molar-refractivity contribution is -0.154. The summed E-state index contributed by atoms with van der Waals surface area (Å²) in [6.07, 6.45) is 6.22. The SMILES string of the molecule is C=CCCOC(=O)[C@H]1[C@H]2C(=O)N([C@H](CO)c3ccccc3)C(C(=O)N(CC=C)C(C)CCC)C23CC(Br)[C@@H]1S3. The fraction of sp³-hybridized carbons (Fsp3) is 0.567. The molecular weight excluding hydrogens is 580 g/mol. The molecule has 0 saturated carbocycles. The summed E-state index contributed by atoms with van der Waals surface area (Å²) >= 11 is 5.36. The maximum Gasteiger partial charge on any atom is 0.310 e. The van der Waals surface area contributed by atoms with Crippen LogP contribution in [0.1, 0.15) is 51.1 Å². The largest absolute Gasteiger partial charge is 0.465 e. The summed E-state index contributed by atoms with van der Waals surface area (Å²) in [5.41, 5.74) is 0.749. The molecule has 7 nitrogen and oxygen atoms in total. The molecule has 0 aromatic heterocycles. The number of benzene rings is 1. The average Bonchev–Trinajstić information content (AvgIpc) is 3.52. The van der Waals surface area contributed by atoms with E-state index in [-0.39, 0.29) is 41.1 Å². The molecule has 0 aliphatic carbocycles. The molecule has 1 aromatic rings. The number of thioether (sulfide) groups is 1. The Bertz CT molecular complexity index is 1090. The number of hydrogen-bond donors (Lipinski definition) is 1. The van der Waals surface area contributed by atoms with Crippen LogP contribution in [0.5, 0.6) is 0 Å². The Labute approximate surface area is 244 Å². The standard InChI is InChI=1S/C30H39BrN2O5S/c1-5-8-16-38-29(37)23-24-27(35)33(22(18-34)20-13-10-9-11-14-20)26(30(24)17-21(31)25(23)39-30)28(36)32(15-7-3)19(4)12-6-2/h5,7,9-11,13-14,19,21-26,34H,1,3,6,8,12,15-18H2,2,4H3/t19?,21?,22-,23+,24+,25+,26?,30?/m1/s1. The number of aliphatic hydroxyl groups is 1. The first kappa shape index (κ1) is 29.9. The van der Waals surface area contributed by atoms with Crippen molar-refractivity contribution >= 4 is 45.5 Å². The number of halogens is 1. The summed E-state index contributed by atoms with van der Waals surface area (Å²) in [6, 6.07) is 7.70. The number of ether oxygens (including phenoxy) is 1. The van der Waals surface area contributed by atoms with E-state index in [2.05, 4.69) is 36.0 Å². The quantitative estimate of drug-likeness (QED) is 0.151. The summed E-state index contributed by atoms with van der Waals surface area (Å²) in [4.78, 5) is 45.9. The maximum absolute atomic E-state index is 14.6. The van der Waals surface area contributed by atoms with Crippen molar-refractivity contribution < 1.29 is 24.2 Å². The molecule has 3 aliphatic rings. The lowest BCUT2D eigenvalue weighted by Gasteiger charge is -2.41. The second-order valence-corrected chi connectivity index (χ2v) is 13.4. The topological polar surface area (TPSA) is 87.1 Å². The first-order valence-corrected chi connectivity index (χ1v) is 15.6. The molecule has 212 valence electrons. The predicted octanol–water partition coefficient (Wildman–Crippen LogP) is 4.51. The van der Waals surface area contributed by atoms with Gasteiger partial charge in [-0.3, -0.25) is 14.4 Å². The molecule has 3 saturated heterocycles. The average molecular weight is 620 g/mol. The number of nitrogens with zero attached hydrogens (tertiary/aromatic N) is 2. The molecule has 2 bridgehead atoms. The van der Waals surface area contributed by atoms with Gasteiger partial charge in [-0.2, -0.15) is 0 Å². The molecular formula is C30H39BrN2O5S. The van der Waals surface area contributed by atoms with Gasteiger partial charge in [-0.05, 0) is 31.7 Å². The molecule has 3 aliphatic heterocycles. The Morgan fingerprint density at radius 3 is 2.64 bits per heavy atom. The second kappa shape index (κ2) is 12.6. The van der Waals surface area contributed by atoms with Gasteiger partial charge in [0.1, 0.15) is 6.04 Å². The second-order valence-electron chi connectivity index (χ2n) is 10.7. The number of esters is 1. The van der Waals surface area contributed by atoms with Gasteiger partial charge in [0.25, 0.3) is 0 Å². The zero-order valence-electron chi connectivity index (χ0n) is 22.7. The number of likely N-dealkylation sites (tertiary alicyclic amines) is 1. The summed E-state index contributed by atoms with van der Waals surface area (Å²) in [5, 5.41) is 10.5. The fourth-order valence-electron chi connectivity index (χ4n) is 6.68. The van der Waals surface area contributed by atoms with Gasteiger partial charge in [0.05, 0.1) is 35.8 Å². The molecule has 1 spiro atoms. The normalized spacial score (nSPS) is 30.5. The fourth-order valence-corrected chi connectivity index (χ4v) is 10.3. The first-order chi connectivity index (χ1) is 18.8. The number of aliphatic hydroxyl groups excluding tert-OH is 1. The molecule has 4 unspecified atom stereocenters. The Morgan fingerprint density at radius 1 is 1.31 bits per heavy atom. The third kappa shape index (κ3) is 5.22. The number of carbonyl (C=O) groups excluding carboxylic acids is 3. The molecule has 3 heterocycles. The van der Waals surface area contributed by atoms with Gasteiger partial charge in [-0.25, -0.2) is 0 Å². The van der Waals surface area contributed by atoms with Crippen LogP contribution in [0.2, 0.25) is 0 Å². The lowest BCUT2D eigenvalue weighted by Crippen LogP contribution is -2.57. The Morgan fingerprint density at radius 2 is 2.03 bits per heavy atom. The zero-order chi connectivity index (χ0) is 28.3. The number of rotatable bonds is 13. The minimum atomic E-state index is -0.840. The smallest absolute Gasteiger partial charge is 0.310 e. The molecule has 0 radical (unpaired) electrons. The highest BCUT2D eigenvalue weighted by Gasteiger charge is 2.76. The van der Waals surface area contributed by atoms with Gasteiger partial charge in [0.2, 0.25) is 11.8 Å². The van der Waals surface area contributed by atoms with Gasteiger partial charge in [-0.1, -0.05) is 71.8 Å². The van der Waals surface area contributed by atoms with Crippen molar-refractivity contribution in [3.05, 3.63) is 61.2 Å². The Balaban J connectivity index is 1.83. The van der Waals surface area contributed by atoms with Crippen LogP contribution in [0.15, 0.2) is 55.6 Å². The summed E-state index contributed by atoms with van der Waals surface area (Å²) < 4.78 is 4.79. The number of fused-ring (bicyclic) bond motifs is 1.